The van der Waals surface area contributed by atoms with Crippen LogP contribution in [0.3, 0.4) is 0 Å². The first-order valence-corrected chi connectivity index (χ1v) is 18.1. The molecule has 0 atom stereocenters. The molecule has 1 N–H and O–H groups in total. The minimum atomic E-state index is -1.27. The highest BCUT2D eigenvalue weighted by molar-refractivity contribution is 6.54. The summed E-state index contributed by atoms with van der Waals surface area (Å²) in [7, 11) is 0. The lowest BCUT2D eigenvalue weighted by Gasteiger charge is -2.31. The van der Waals surface area contributed by atoms with Crippen LogP contribution in [-0.2, 0) is 22.4 Å². The first-order chi connectivity index (χ1) is 25.0. The number of benzene rings is 4. The number of anilines is 3. The van der Waals surface area contributed by atoms with Crippen LogP contribution in [0.5, 0.6) is 5.75 Å². The third kappa shape index (κ3) is 7.43. The Kier molecular flexibility index (Phi) is 10.2. The maximum atomic E-state index is 13.8. The van der Waals surface area contributed by atoms with E-state index in [-0.39, 0.29) is 11.3 Å². The number of amides is 1. The van der Waals surface area contributed by atoms with Crippen LogP contribution >= 0.6 is 0 Å². The summed E-state index contributed by atoms with van der Waals surface area (Å²) in [6.07, 6.45) is 16.7. The van der Waals surface area contributed by atoms with Crippen molar-refractivity contribution in [1.29, 1.82) is 0 Å². The number of unbranched alkanes of at least 4 members (excludes halogenated alkanes) is 5. The maximum Gasteiger partial charge on any atom is 0.357 e. The Morgan fingerprint density at radius 2 is 1.63 bits per heavy atom. The molecule has 0 aromatic heterocycles. The van der Waals surface area contributed by atoms with E-state index in [1.54, 1.807) is 30.3 Å². The fourth-order valence-corrected chi connectivity index (χ4v) is 7.10. The van der Waals surface area contributed by atoms with Gasteiger partial charge >= 0.3 is 5.97 Å². The minimum Gasteiger partial charge on any atom is -0.476 e. The molecule has 7 heteroatoms. The second-order valence-corrected chi connectivity index (χ2v) is 13.3. The Hall–Kier alpha value is -5.69. The van der Waals surface area contributed by atoms with Crippen LogP contribution < -0.4 is 14.6 Å². The molecule has 4 aromatic carbocycles. The monoisotopic (exact) mass is 677 g/mol. The SMILES string of the molecule is CCCCCCCCc1ccc(N2CCCc3cc(C=CC4=CC(=C5C(=O)N(c6ccccc6)N=C5C(=O)O)c5ccccc5O4)ccc32)cc1. The third-order valence-corrected chi connectivity index (χ3v) is 9.74. The highest BCUT2D eigenvalue weighted by atomic mass is 16.5. The number of carboxylic acids is 1. The van der Waals surface area contributed by atoms with Gasteiger partial charge in [0.05, 0.1) is 11.3 Å². The van der Waals surface area contributed by atoms with Gasteiger partial charge in [-0.05, 0) is 97.0 Å². The molecule has 4 aromatic rings. The van der Waals surface area contributed by atoms with E-state index in [9.17, 15) is 14.7 Å². The Bertz CT molecular complexity index is 2040. The lowest BCUT2D eigenvalue weighted by atomic mass is 9.93. The number of hydrogen-bond donors (Lipinski definition) is 1. The molecule has 0 fully saturated rings. The summed E-state index contributed by atoms with van der Waals surface area (Å²) in [6, 6.07) is 31.8. The van der Waals surface area contributed by atoms with Gasteiger partial charge in [-0.2, -0.15) is 10.1 Å². The van der Waals surface area contributed by atoms with Gasteiger partial charge in [0.25, 0.3) is 5.91 Å². The van der Waals surface area contributed by atoms with E-state index in [4.69, 9.17) is 4.74 Å². The lowest BCUT2D eigenvalue weighted by molar-refractivity contribution is -0.129. The molecule has 0 unspecified atom stereocenters. The largest absolute Gasteiger partial charge is 0.476 e. The number of aliphatic carboxylic acids is 1. The number of hydrogen-bond acceptors (Lipinski definition) is 5. The molecule has 258 valence electrons. The molecule has 0 bridgehead atoms. The van der Waals surface area contributed by atoms with Gasteiger partial charge in [0.1, 0.15) is 11.5 Å². The number of ether oxygens (including phenoxy) is 1. The van der Waals surface area contributed by atoms with Gasteiger partial charge in [0, 0.05) is 29.1 Å². The summed E-state index contributed by atoms with van der Waals surface area (Å²) in [5.74, 6) is -0.744. The zero-order valence-corrected chi connectivity index (χ0v) is 29.1. The zero-order valence-electron chi connectivity index (χ0n) is 29.1. The molecule has 0 saturated heterocycles. The van der Waals surface area contributed by atoms with E-state index >= 15 is 0 Å². The van der Waals surface area contributed by atoms with Gasteiger partial charge in [0.2, 0.25) is 0 Å². The molecule has 7 nitrogen and oxygen atoms in total. The summed E-state index contributed by atoms with van der Waals surface area (Å²) < 4.78 is 6.25. The molecular formula is C44H43N3O4. The van der Waals surface area contributed by atoms with E-state index in [1.165, 1.54) is 61.0 Å². The Morgan fingerprint density at radius 3 is 2.43 bits per heavy atom. The van der Waals surface area contributed by atoms with E-state index in [1.807, 2.05) is 42.5 Å². The number of rotatable bonds is 12. The van der Waals surface area contributed by atoms with Crippen LogP contribution in [0.25, 0.3) is 11.6 Å². The minimum absolute atomic E-state index is 0.0253. The van der Waals surface area contributed by atoms with Gasteiger partial charge in [0.15, 0.2) is 5.71 Å². The number of nitrogens with zero attached hydrogens (tertiary/aromatic N) is 3. The molecule has 0 spiro atoms. The second kappa shape index (κ2) is 15.5. The summed E-state index contributed by atoms with van der Waals surface area (Å²) in [6.45, 7) is 3.25. The summed E-state index contributed by atoms with van der Waals surface area (Å²) in [5.41, 5.74) is 7.50. The number of fused-ring (bicyclic) bond motifs is 2. The second-order valence-electron chi connectivity index (χ2n) is 13.3. The number of aryl methyl sites for hydroxylation is 2. The zero-order chi connectivity index (χ0) is 35.2. The molecule has 3 aliphatic heterocycles. The van der Waals surface area contributed by atoms with Crippen LogP contribution in [0, 0.1) is 0 Å². The number of carbonyl (C=O) groups excluding carboxylic acids is 1. The molecule has 7 rings (SSSR count). The predicted molar refractivity (Wildman–Crippen MR) is 205 cm³/mol. The van der Waals surface area contributed by atoms with Gasteiger partial charge in [-0.25, -0.2) is 4.79 Å². The van der Waals surface area contributed by atoms with E-state index in [2.05, 4.69) is 59.4 Å². The van der Waals surface area contributed by atoms with E-state index < -0.39 is 11.9 Å². The van der Waals surface area contributed by atoms with Gasteiger partial charge < -0.3 is 14.7 Å². The van der Waals surface area contributed by atoms with Crippen molar-refractivity contribution in [3.8, 4) is 5.75 Å². The number of carbonyl (C=O) groups is 2. The molecular weight excluding hydrogens is 635 g/mol. The smallest absolute Gasteiger partial charge is 0.357 e. The van der Waals surface area contributed by atoms with Gasteiger partial charge in [-0.1, -0.05) is 99.7 Å². The Labute approximate surface area is 299 Å². The van der Waals surface area contributed by atoms with Crippen LogP contribution in [0.15, 0.2) is 126 Å². The van der Waals surface area contributed by atoms with Crippen molar-refractivity contribution < 1.29 is 19.4 Å². The van der Waals surface area contributed by atoms with Crippen molar-refractivity contribution in [2.45, 2.75) is 64.7 Å². The molecule has 0 saturated carbocycles. The normalized spacial score (nSPS) is 16.8. The fourth-order valence-electron chi connectivity index (χ4n) is 7.10. The standard InChI is InChI=1S/C44H43N3O4/c1-2-3-4-5-6-8-14-31-20-24-34(25-21-31)46-28-13-15-33-29-32(23-27-39(33)46)22-26-36-30-38(37-18-11-12-19-40(37)51-36)41-42(44(49)50)45-47(43(41)48)35-16-9-7-10-17-35/h7,9-12,16-27,29-30H,2-6,8,13-15,28H2,1H3,(H,49,50). The van der Waals surface area contributed by atoms with Crippen LogP contribution in [0.1, 0.15) is 74.1 Å². The number of carboxylic acid groups (broad SMARTS) is 1. The quantitative estimate of drug-likeness (QED) is 0.119. The average Bonchev–Trinajstić information content (AvgIpc) is 3.52. The topological polar surface area (TPSA) is 82.4 Å². The first-order valence-electron chi connectivity index (χ1n) is 18.1. The van der Waals surface area contributed by atoms with Gasteiger partial charge in [-0.15, -0.1) is 0 Å². The average molecular weight is 678 g/mol. The van der Waals surface area contributed by atoms with Crippen molar-refractivity contribution in [1.82, 2.24) is 0 Å². The van der Waals surface area contributed by atoms with Gasteiger partial charge in [-0.3, -0.25) is 4.79 Å². The molecule has 51 heavy (non-hydrogen) atoms. The number of allylic oxidation sites excluding steroid dienone is 3. The van der Waals surface area contributed by atoms with Crippen LogP contribution in [-0.4, -0.2) is 29.2 Å². The van der Waals surface area contributed by atoms with E-state index in [0.717, 1.165) is 36.4 Å². The number of hydrazone groups is 1. The molecule has 3 aliphatic rings. The van der Waals surface area contributed by atoms with E-state index in [0.29, 0.717) is 28.3 Å². The number of para-hydroxylation sites is 2. The molecule has 1 amide bonds. The van der Waals surface area contributed by atoms with Crippen molar-refractivity contribution in [3.63, 3.8) is 0 Å². The van der Waals surface area contributed by atoms with Crippen molar-refractivity contribution in [3.05, 3.63) is 143 Å². The van der Waals surface area contributed by atoms with Crippen LogP contribution in [0.2, 0.25) is 0 Å². The Balaban J connectivity index is 1.12. The van der Waals surface area contributed by atoms with Crippen LogP contribution in [0.4, 0.5) is 17.1 Å². The molecule has 0 aliphatic carbocycles. The molecule has 3 heterocycles. The predicted octanol–water partition coefficient (Wildman–Crippen LogP) is 9.90. The lowest BCUT2D eigenvalue weighted by Crippen LogP contribution is -2.24. The third-order valence-electron chi connectivity index (χ3n) is 9.74. The molecule has 0 radical (unpaired) electrons. The highest BCUT2D eigenvalue weighted by Crippen LogP contribution is 2.39. The maximum absolute atomic E-state index is 13.8. The fraction of sp³-hybridized carbons (Fsp3) is 0.250. The first kappa shape index (κ1) is 33.8. The highest BCUT2D eigenvalue weighted by Gasteiger charge is 2.38. The Morgan fingerprint density at radius 1 is 0.863 bits per heavy atom. The van der Waals surface area contributed by atoms with Crippen molar-refractivity contribution in [2.75, 3.05) is 16.5 Å². The summed E-state index contributed by atoms with van der Waals surface area (Å²) in [5, 5.41) is 15.5. The van der Waals surface area contributed by atoms with Crippen molar-refractivity contribution in [2.24, 2.45) is 5.10 Å². The summed E-state index contributed by atoms with van der Waals surface area (Å²) >= 11 is 0. The van der Waals surface area contributed by atoms with Crippen molar-refractivity contribution >= 4 is 46.3 Å². The summed E-state index contributed by atoms with van der Waals surface area (Å²) in [4.78, 5) is 28.6.